The van der Waals surface area contributed by atoms with Crippen LogP contribution in [0.25, 0.3) is 0 Å². The van der Waals surface area contributed by atoms with Gasteiger partial charge < -0.3 is 47.4 Å². The van der Waals surface area contributed by atoms with Crippen molar-refractivity contribution in [3.8, 4) is 0 Å². The normalized spacial score (nSPS) is 23.2. The highest BCUT2D eigenvalue weighted by Gasteiger charge is 2.52. The summed E-state index contributed by atoms with van der Waals surface area (Å²) in [6, 6.07) is 81.3. The first-order valence-corrected chi connectivity index (χ1v) is 27.8. The van der Waals surface area contributed by atoms with Crippen molar-refractivity contribution in [3.63, 3.8) is 0 Å². The second kappa shape index (κ2) is 29.6. The molecule has 8 aromatic rings. The summed E-state index contributed by atoms with van der Waals surface area (Å²) in [7, 11) is 0. The Morgan fingerprint density at radius 3 is 0.949 bits per heavy atom. The minimum Gasteiger partial charge on any atom is -0.374 e. The summed E-state index contributed by atoms with van der Waals surface area (Å²) in [6.45, 7) is 2.37. The van der Waals surface area contributed by atoms with Gasteiger partial charge in [-0.15, -0.1) is 0 Å². The van der Waals surface area contributed by atoms with E-state index in [0.29, 0.717) is 26.4 Å². The fourth-order valence-corrected chi connectivity index (χ4v) is 10.8. The van der Waals surface area contributed by atoms with Crippen LogP contribution in [0.5, 0.6) is 0 Å². The Morgan fingerprint density at radius 1 is 0.269 bits per heavy atom. The first-order chi connectivity index (χ1) is 38.7. The molecule has 11 heteroatoms. The van der Waals surface area contributed by atoms with Gasteiger partial charge >= 0.3 is 0 Å². The molecule has 2 fully saturated rings. The lowest BCUT2D eigenvalue weighted by Gasteiger charge is -2.48. The Bertz CT molecular complexity index is 2880. The molecule has 2 aliphatic heterocycles. The van der Waals surface area contributed by atoms with E-state index in [1.165, 1.54) is 0 Å². The van der Waals surface area contributed by atoms with Crippen molar-refractivity contribution in [1.29, 1.82) is 0 Å². The molecule has 10 atom stereocenters. The van der Waals surface area contributed by atoms with E-state index in [1.54, 1.807) is 11.8 Å². The molecule has 402 valence electrons. The van der Waals surface area contributed by atoms with Crippen molar-refractivity contribution >= 4 is 11.8 Å². The van der Waals surface area contributed by atoms with Gasteiger partial charge in [-0.25, -0.2) is 0 Å². The highest BCUT2D eigenvalue weighted by atomic mass is 32.2. The third-order valence-electron chi connectivity index (χ3n) is 13.7. The van der Waals surface area contributed by atoms with Crippen molar-refractivity contribution in [2.24, 2.45) is 0 Å². The Labute approximate surface area is 463 Å². The maximum Gasteiger partial charge on any atom is 0.187 e. The molecule has 8 aromatic carbocycles. The molecule has 0 spiro atoms. The summed E-state index contributed by atoms with van der Waals surface area (Å²) in [5.41, 5.74) is 6.54. The molecule has 0 amide bonds. The van der Waals surface area contributed by atoms with Crippen LogP contribution in [0.1, 0.15) is 38.9 Å². The lowest BCUT2D eigenvalue weighted by Crippen LogP contribution is -2.63. The molecular weight excluding hydrogens is 997 g/mol. The van der Waals surface area contributed by atoms with Crippen LogP contribution >= 0.6 is 11.8 Å². The molecule has 78 heavy (non-hydrogen) atoms. The van der Waals surface area contributed by atoms with Crippen LogP contribution in [0.4, 0.5) is 0 Å². The van der Waals surface area contributed by atoms with Crippen LogP contribution in [0.3, 0.4) is 0 Å². The van der Waals surface area contributed by atoms with Gasteiger partial charge in [0.25, 0.3) is 0 Å². The van der Waals surface area contributed by atoms with Gasteiger partial charge in [-0.2, -0.15) is 0 Å². The van der Waals surface area contributed by atoms with E-state index in [1.807, 2.05) is 170 Å². The maximum atomic E-state index is 7.34. The Hall–Kier alpha value is -6.29. The molecule has 0 aliphatic carbocycles. The third kappa shape index (κ3) is 16.2. The molecule has 0 saturated carbocycles. The maximum absolute atomic E-state index is 7.34. The van der Waals surface area contributed by atoms with E-state index in [4.69, 9.17) is 47.4 Å². The summed E-state index contributed by atoms with van der Waals surface area (Å²) < 4.78 is 70.6. The molecule has 2 saturated heterocycles. The minimum absolute atomic E-state index is 0.0241. The van der Waals surface area contributed by atoms with Gasteiger partial charge in [-0.05, 0) is 51.1 Å². The van der Waals surface area contributed by atoms with Gasteiger partial charge in [0.2, 0.25) is 0 Å². The van der Waals surface area contributed by atoms with Crippen molar-refractivity contribution < 1.29 is 47.4 Å². The predicted molar refractivity (Wildman–Crippen MR) is 302 cm³/mol. The lowest BCUT2D eigenvalue weighted by molar-refractivity contribution is -0.337. The largest absolute Gasteiger partial charge is 0.374 e. The molecule has 10 rings (SSSR count). The summed E-state index contributed by atoms with van der Waals surface area (Å²) >= 11 is 1.59. The third-order valence-corrected chi connectivity index (χ3v) is 14.9. The van der Waals surface area contributed by atoms with Crippen LogP contribution in [0.15, 0.2) is 248 Å². The highest BCUT2D eigenvalue weighted by Crippen LogP contribution is 2.40. The zero-order valence-electron chi connectivity index (χ0n) is 43.7. The van der Waals surface area contributed by atoms with Crippen LogP contribution in [0.2, 0.25) is 0 Å². The van der Waals surface area contributed by atoms with E-state index in [0.717, 1.165) is 43.8 Å². The zero-order chi connectivity index (χ0) is 52.8. The van der Waals surface area contributed by atoms with Crippen LogP contribution in [-0.4, -0.2) is 73.8 Å². The van der Waals surface area contributed by atoms with E-state index in [-0.39, 0.29) is 33.0 Å². The Balaban J connectivity index is 1.01. The topological polar surface area (TPSA) is 92.3 Å². The summed E-state index contributed by atoms with van der Waals surface area (Å²) in [4.78, 5) is 1.02. The molecule has 6 unspecified atom stereocenters. The first-order valence-electron chi connectivity index (χ1n) is 26.9. The number of benzene rings is 8. The van der Waals surface area contributed by atoms with Gasteiger partial charge in [0.05, 0.1) is 59.5 Å². The van der Waals surface area contributed by atoms with Gasteiger partial charge in [0, 0.05) is 4.90 Å². The molecule has 0 aromatic heterocycles. The monoisotopic (exact) mass is 1060 g/mol. The molecule has 0 bridgehead atoms. The first kappa shape index (κ1) is 55.0. The molecule has 0 radical (unpaired) electrons. The number of hydrogen-bond acceptors (Lipinski definition) is 11. The van der Waals surface area contributed by atoms with E-state index >= 15 is 0 Å². The second-order valence-electron chi connectivity index (χ2n) is 19.4. The van der Waals surface area contributed by atoms with Crippen LogP contribution in [-0.2, 0) is 93.6 Å². The van der Waals surface area contributed by atoms with Crippen LogP contribution < -0.4 is 0 Å². The highest BCUT2D eigenvalue weighted by molar-refractivity contribution is 7.99. The standard InChI is InChI=1S/C67H68O10S/c1-9-25-50(26-10-1)41-68-48-58-60(69-42-51-27-11-2-12-28-51)62(71-44-53-31-15-4-16-32-53)64(73-46-55-35-19-6-20-36-55)66(76-58)75-49-59-61(70-43-52-29-13-3-14-30-52)63(72-45-54-33-17-5-18-34-54)65(74-47-56-37-21-7-22-38-56)67(77-59)78-57-39-23-8-24-40-57/h1-40,58-67H,41-49H2/t58?,59?,60-,61-,62?,63?,64?,65?,66+,67+/m1/s1. The smallest absolute Gasteiger partial charge is 0.187 e. The van der Waals surface area contributed by atoms with Crippen molar-refractivity contribution in [2.45, 2.75) is 112 Å². The van der Waals surface area contributed by atoms with Crippen molar-refractivity contribution in [3.05, 3.63) is 282 Å². The average molecular weight is 1070 g/mol. The van der Waals surface area contributed by atoms with Crippen LogP contribution in [0, 0.1) is 0 Å². The summed E-state index contributed by atoms with van der Waals surface area (Å²) in [5.74, 6) is 0. The summed E-state index contributed by atoms with van der Waals surface area (Å²) in [6.07, 6.45) is -6.40. The fourth-order valence-electron chi connectivity index (χ4n) is 9.68. The lowest BCUT2D eigenvalue weighted by atomic mass is 9.97. The summed E-state index contributed by atoms with van der Waals surface area (Å²) in [5, 5.41) is 0. The minimum atomic E-state index is -0.995. The van der Waals surface area contributed by atoms with Gasteiger partial charge in [-0.1, -0.05) is 242 Å². The average Bonchev–Trinajstić information content (AvgIpc) is 3.52. The van der Waals surface area contributed by atoms with Gasteiger partial charge in [0.15, 0.2) is 6.29 Å². The molecule has 0 N–H and O–H groups in total. The van der Waals surface area contributed by atoms with Gasteiger partial charge in [0.1, 0.15) is 54.3 Å². The van der Waals surface area contributed by atoms with Gasteiger partial charge in [-0.3, -0.25) is 0 Å². The molecule has 2 aliphatic rings. The molecule has 10 nitrogen and oxygen atoms in total. The molecular formula is C67H68O10S. The second-order valence-corrected chi connectivity index (χ2v) is 20.6. The van der Waals surface area contributed by atoms with Crippen molar-refractivity contribution in [1.82, 2.24) is 0 Å². The quantitative estimate of drug-likeness (QED) is 0.0493. The zero-order valence-corrected chi connectivity index (χ0v) is 44.5. The SMILES string of the molecule is c1ccc(COCC2O[C@H](OCC3O[C@@H](Sc4ccccc4)C(OCc4ccccc4)C(OCc4ccccc4)[C@@H]3OCc3ccccc3)C(OCc3ccccc3)C(OCc3ccccc3)[C@@H]2OCc2ccccc2)cc1. The van der Waals surface area contributed by atoms with E-state index in [9.17, 15) is 0 Å². The number of hydrogen-bond donors (Lipinski definition) is 0. The molecule has 2 heterocycles. The fraction of sp³-hybridized carbons (Fsp3) is 0.284. The van der Waals surface area contributed by atoms with Crippen molar-refractivity contribution in [2.75, 3.05) is 13.2 Å². The number of thioether (sulfide) groups is 1. The van der Waals surface area contributed by atoms with E-state index < -0.39 is 60.6 Å². The number of ether oxygens (including phenoxy) is 10. The predicted octanol–water partition coefficient (Wildman–Crippen LogP) is 13.0. The Kier molecular flexibility index (Phi) is 20.9. The number of rotatable bonds is 27. The Morgan fingerprint density at radius 2 is 0.564 bits per heavy atom. The van der Waals surface area contributed by atoms with E-state index in [2.05, 4.69) is 72.8 Å².